The van der Waals surface area contributed by atoms with Crippen LogP contribution in [0.25, 0.3) is 0 Å². The lowest BCUT2D eigenvalue weighted by Crippen LogP contribution is -2.10. The first-order valence-corrected chi connectivity index (χ1v) is 4.88. The van der Waals surface area contributed by atoms with Gasteiger partial charge >= 0.3 is 5.97 Å². The molecule has 0 amide bonds. The third-order valence-corrected chi connectivity index (χ3v) is 1.93. The minimum absolute atomic E-state index is 0.0889. The van der Waals surface area contributed by atoms with Gasteiger partial charge in [-0.3, -0.25) is 4.79 Å². The second-order valence-electron chi connectivity index (χ2n) is 3.75. The van der Waals surface area contributed by atoms with Gasteiger partial charge in [-0.15, -0.1) is 0 Å². The van der Waals surface area contributed by atoms with Gasteiger partial charge in [-0.1, -0.05) is 39.0 Å². The van der Waals surface area contributed by atoms with Gasteiger partial charge in [0.25, 0.3) is 0 Å². The van der Waals surface area contributed by atoms with Crippen LogP contribution in [0.15, 0.2) is 36.1 Å². The summed E-state index contributed by atoms with van der Waals surface area (Å²) < 4.78 is 5.17. The number of hydrogen-bond donors (Lipinski definition) is 0. The minimum Gasteiger partial charge on any atom is -0.426 e. The predicted octanol–water partition coefficient (Wildman–Crippen LogP) is 2.83. The zero-order valence-electron chi connectivity index (χ0n) is 8.86. The fourth-order valence-corrected chi connectivity index (χ4v) is 0.994. The van der Waals surface area contributed by atoms with E-state index in [4.69, 9.17) is 4.74 Å². The van der Waals surface area contributed by atoms with E-state index in [0.717, 1.165) is 0 Å². The summed E-state index contributed by atoms with van der Waals surface area (Å²) in [5.41, 5.74) is 0. The van der Waals surface area contributed by atoms with E-state index in [0.29, 0.717) is 11.7 Å². The lowest BCUT2D eigenvalue weighted by molar-refractivity contribution is -0.142. The lowest BCUT2D eigenvalue weighted by Gasteiger charge is -2.06. The molecular formula is C12H16O2. The molecule has 2 nitrogen and oxygen atoms in total. The van der Waals surface area contributed by atoms with Gasteiger partial charge in [0.05, 0.1) is 5.92 Å². The fraction of sp³-hybridized carbons (Fsp3) is 0.417. The molecule has 14 heavy (non-hydrogen) atoms. The van der Waals surface area contributed by atoms with Crippen LogP contribution in [-0.2, 0) is 9.53 Å². The molecule has 0 heterocycles. The molecular weight excluding hydrogens is 176 g/mol. The SMILES string of the molecule is CC1C=CC=C(OC(=O)C(C)C)C=C1. The number of ether oxygens (including phenoxy) is 1. The molecule has 0 saturated carbocycles. The minimum atomic E-state index is -0.191. The molecule has 1 aliphatic carbocycles. The van der Waals surface area contributed by atoms with Crippen LogP contribution < -0.4 is 0 Å². The van der Waals surface area contributed by atoms with Crippen molar-refractivity contribution in [3.8, 4) is 0 Å². The highest BCUT2D eigenvalue weighted by atomic mass is 16.5. The van der Waals surface area contributed by atoms with Gasteiger partial charge in [-0.05, 0) is 18.1 Å². The van der Waals surface area contributed by atoms with Crippen molar-refractivity contribution in [3.63, 3.8) is 0 Å². The van der Waals surface area contributed by atoms with Gasteiger partial charge in [-0.25, -0.2) is 0 Å². The first-order valence-electron chi connectivity index (χ1n) is 4.88. The van der Waals surface area contributed by atoms with E-state index in [1.165, 1.54) is 0 Å². The molecule has 0 aliphatic heterocycles. The standard InChI is InChI=1S/C12H16O2/c1-9(2)12(13)14-11-6-4-5-10(3)7-8-11/h4-10H,1-3H3. The van der Waals surface area contributed by atoms with Gasteiger partial charge in [-0.2, -0.15) is 0 Å². The van der Waals surface area contributed by atoms with Crippen LogP contribution >= 0.6 is 0 Å². The van der Waals surface area contributed by atoms with E-state index in [-0.39, 0.29) is 11.9 Å². The van der Waals surface area contributed by atoms with Crippen LogP contribution in [0.1, 0.15) is 20.8 Å². The van der Waals surface area contributed by atoms with Crippen molar-refractivity contribution in [2.24, 2.45) is 11.8 Å². The largest absolute Gasteiger partial charge is 0.426 e. The maximum atomic E-state index is 11.3. The molecule has 0 aromatic rings. The summed E-state index contributed by atoms with van der Waals surface area (Å²) in [6.45, 7) is 5.72. The van der Waals surface area contributed by atoms with Crippen LogP contribution in [0.5, 0.6) is 0 Å². The topological polar surface area (TPSA) is 26.3 Å². The first kappa shape index (κ1) is 10.8. The van der Waals surface area contributed by atoms with Crippen molar-refractivity contribution < 1.29 is 9.53 Å². The van der Waals surface area contributed by atoms with Crippen molar-refractivity contribution in [2.75, 3.05) is 0 Å². The average molecular weight is 192 g/mol. The molecule has 76 valence electrons. The van der Waals surface area contributed by atoms with Crippen LogP contribution in [0.4, 0.5) is 0 Å². The summed E-state index contributed by atoms with van der Waals surface area (Å²) in [7, 11) is 0. The summed E-state index contributed by atoms with van der Waals surface area (Å²) in [6.07, 6.45) is 9.61. The highest BCUT2D eigenvalue weighted by molar-refractivity contribution is 5.73. The van der Waals surface area contributed by atoms with Crippen molar-refractivity contribution in [1.29, 1.82) is 0 Å². The normalized spacial score (nSPS) is 20.6. The van der Waals surface area contributed by atoms with Crippen LogP contribution in [-0.4, -0.2) is 5.97 Å². The Kier molecular flexibility index (Phi) is 3.69. The number of carbonyl (C=O) groups excluding carboxylic acids is 1. The van der Waals surface area contributed by atoms with E-state index < -0.39 is 0 Å². The second-order valence-corrected chi connectivity index (χ2v) is 3.75. The molecule has 0 N–H and O–H groups in total. The fourth-order valence-electron chi connectivity index (χ4n) is 0.994. The third kappa shape index (κ3) is 3.21. The van der Waals surface area contributed by atoms with E-state index in [9.17, 15) is 4.79 Å². The van der Waals surface area contributed by atoms with Gasteiger partial charge in [0, 0.05) is 0 Å². The maximum Gasteiger partial charge on any atom is 0.313 e. The molecule has 0 aromatic heterocycles. The van der Waals surface area contributed by atoms with Crippen molar-refractivity contribution in [2.45, 2.75) is 20.8 Å². The Bertz CT molecular complexity index is 295. The van der Waals surface area contributed by atoms with Crippen molar-refractivity contribution in [3.05, 3.63) is 36.1 Å². The van der Waals surface area contributed by atoms with Crippen LogP contribution in [0, 0.1) is 11.8 Å². The Labute approximate surface area is 85.0 Å². The molecule has 1 aliphatic rings. The van der Waals surface area contributed by atoms with Gasteiger partial charge < -0.3 is 4.74 Å². The zero-order valence-corrected chi connectivity index (χ0v) is 8.86. The smallest absolute Gasteiger partial charge is 0.313 e. The summed E-state index contributed by atoms with van der Waals surface area (Å²) in [6, 6.07) is 0. The molecule has 1 rings (SSSR count). The van der Waals surface area contributed by atoms with Gasteiger partial charge in [0.1, 0.15) is 5.76 Å². The second kappa shape index (κ2) is 4.80. The van der Waals surface area contributed by atoms with Crippen molar-refractivity contribution in [1.82, 2.24) is 0 Å². The molecule has 0 spiro atoms. The first-order chi connectivity index (χ1) is 6.59. The number of esters is 1. The van der Waals surface area contributed by atoms with E-state index in [1.807, 2.05) is 38.2 Å². The molecule has 1 unspecified atom stereocenters. The molecule has 0 fully saturated rings. The summed E-state index contributed by atoms with van der Waals surface area (Å²) in [5, 5.41) is 0. The molecule has 0 bridgehead atoms. The number of rotatable bonds is 2. The predicted molar refractivity (Wildman–Crippen MR) is 56.5 cm³/mol. The highest BCUT2D eigenvalue weighted by Gasteiger charge is 2.10. The molecule has 0 saturated heterocycles. The number of carbonyl (C=O) groups is 1. The number of allylic oxidation sites excluding steroid dienone is 5. The zero-order chi connectivity index (χ0) is 10.6. The quantitative estimate of drug-likeness (QED) is 0.629. The van der Waals surface area contributed by atoms with E-state index in [1.54, 1.807) is 6.08 Å². The molecule has 1 atom stereocenters. The summed E-state index contributed by atoms with van der Waals surface area (Å²) in [4.78, 5) is 11.3. The average Bonchev–Trinajstić information content (AvgIpc) is 2.31. The Morgan fingerprint density at radius 3 is 2.79 bits per heavy atom. The van der Waals surface area contributed by atoms with E-state index in [2.05, 4.69) is 6.92 Å². The molecule has 0 aromatic carbocycles. The highest BCUT2D eigenvalue weighted by Crippen LogP contribution is 2.12. The van der Waals surface area contributed by atoms with Gasteiger partial charge in [0.2, 0.25) is 0 Å². The Morgan fingerprint density at radius 1 is 1.43 bits per heavy atom. The van der Waals surface area contributed by atoms with Crippen molar-refractivity contribution >= 4 is 5.97 Å². The lowest BCUT2D eigenvalue weighted by atomic mass is 10.2. The Hall–Kier alpha value is -1.31. The molecule has 0 radical (unpaired) electrons. The van der Waals surface area contributed by atoms with Crippen LogP contribution in [0.3, 0.4) is 0 Å². The summed E-state index contributed by atoms with van der Waals surface area (Å²) in [5.74, 6) is 0.726. The summed E-state index contributed by atoms with van der Waals surface area (Å²) >= 11 is 0. The maximum absolute atomic E-state index is 11.3. The number of hydrogen-bond acceptors (Lipinski definition) is 2. The van der Waals surface area contributed by atoms with E-state index >= 15 is 0 Å². The Morgan fingerprint density at radius 2 is 2.14 bits per heavy atom. The van der Waals surface area contributed by atoms with Crippen LogP contribution in [0.2, 0.25) is 0 Å². The van der Waals surface area contributed by atoms with Gasteiger partial charge in [0.15, 0.2) is 0 Å². The Balaban J connectivity index is 2.62. The third-order valence-electron chi connectivity index (χ3n) is 1.93. The molecule has 2 heteroatoms. The monoisotopic (exact) mass is 192 g/mol.